The van der Waals surface area contributed by atoms with Crippen LogP contribution in [0.5, 0.6) is 0 Å². The van der Waals surface area contributed by atoms with E-state index in [1.165, 1.54) is 11.8 Å². The molecule has 8 heteroatoms. The lowest BCUT2D eigenvalue weighted by molar-refractivity contribution is -0.307. The third-order valence-electron chi connectivity index (χ3n) is 5.23. The molecule has 3 rings (SSSR count). The van der Waals surface area contributed by atoms with Crippen molar-refractivity contribution in [2.45, 2.75) is 40.2 Å². The highest BCUT2D eigenvalue weighted by molar-refractivity contribution is 7.98. The Hall–Kier alpha value is -2.74. The van der Waals surface area contributed by atoms with E-state index in [-0.39, 0.29) is 17.7 Å². The molecule has 0 aliphatic heterocycles. The number of thioether (sulfide) groups is 1. The molecule has 0 aliphatic carbocycles. The van der Waals surface area contributed by atoms with Crippen molar-refractivity contribution in [2.75, 3.05) is 12.0 Å². The van der Waals surface area contributed by atoms with Crippen molar-refractivity contribution in [3.8, 4) is 0 Å². The van der Waals surface area contributed by atoms with Crippen LogP contribution in [0.1, 0.15) is 28.0 Å². The van der Waals surface area contributed by atoms with Gasteiger partial charge in [0.1, 0.15) is 16.9 Å². The number of rotatable bonds is 6. The molecule has 1 aromatic carbocycles. The maximum atomic E-state index is 12.6. The fourth-order valence-electron chi connectivity index (χ4n) is 3.44. The smallest absolute Gasteiger partial charge is 0.340 e. The Kier molecular flexibility index (Phi) is 5.75. The number of furan rings is 1. The van der Waals surface area contributed by atoms with Crippen LogP contribution in [0.3, 0.4) is 0 Å². The number of fused-ring (bicyclic) bond motifs is 2. The average Bonchev–Trinajstić information content (AvgIpc) is 2.94. The summed E-state index contributed by atoms with van der Waals surface area (Å²) in [5, 5.41) is 15.2. The molecule has 0 unspecified atom stereocenters. The van der Waals surface area contributed by atoms with Gasteiger partial charge in [-0.3, -0.25) is 4.79 Å². The predicted molar refractivity (Wildman–Crippen MR) is 110 cm³/mol. The Balaban J connectivity index is 2.06. The summed E-state index contributed by atoms with van der Waals surface area (Å²) in [5.41, 5.74) is 3.04. The lowest BCUT2D eigenvalue weighted by atomic mass is 9.98. The third-order valence-corrected chi connectivity index (χ3v) is 5.90. The highest BCUT2D eigenvalue weighted by atomic mass is 32.2. The summed E-state index contributed by atoms with van der Waals surface area (Å²) in [6.07, 6.45) is 1.45. The summed E-state index contributed by atoms with van der Waals surface area (Å²) in [7, 11) is 0. The standard InChI is InChI=1S/C21H23NO6S/c1-9-12(4)27-18-11(3)19-14(6-13(9)18)10(2)15(21(26)28-19)7-17(23)22-16(8-29-5)20(24)25/h6,16H,7-8H2,1-5H3,(H,22,23)(H,24,25)/p-1/t16-/m0/s1. The molecule has 0 radical (unpaired) electrons. The number of benzene rings is 1. The number of aryl methyl sites for hydroxylation is 4. The molecule has 0 saturated carbocycles. The molecule has 1 amide bonds. The van der Waals surface area contributed by atoms with E-state index in [9.17, 15) is 19.5 Å². The summed E-state index contributed by atoms with van der Waals surface area (Å²) >= 11 is 1.28. The van der Waals surface area contributed by atoms with Gasteiger partial charge in [-0.1, -0.05) is 0 Å². The number of amides is 1. The normalized spacial score (nSPS) is 12.4. The number of carbonyl (C=O) groups is 2. The van der Waals surface area contributed by atoms with Crippen LogP contribution in [0.15, 0.2) is 19.7 Å². The molecule has 154 valence electrons. The van der Waals surface area contributed by atoms with Gasteiger partial charge in [-0.2, -0.15) is 11.8 Å². The van der Waals surface area contributed by atoms with Gasteiger partial charge in [-0.15, -0.1) is 0 Å². The fourth-order valence-corrected chi connectivity index (χ4v) is 3.99. The quantitative estimate of drug-likeness (QED) is 0.611. The van der Waals surface area contributed by atoms with Crippen LogP contribution in [-0.4, -0.2) is 29.9 Å². The topological polar surface area (TPSA) is 113 Å². The van der Waals surface area contributed by atoms with Crippen LogP contribution in [0.25, 0.3) is 21.9 Å². The summed E-state index contributed by atoms with van der Waals surface area (Å²) in [6, 6.07) is 0.782. The Labute approximate surface area is 171 Å². The van der Waals surface area contributed by atoms with Crippen LogP contribution >= 0.6 is 11.8 Å². The van der Waals surface area contributed by atoms with Crippen LogP contribution < -0.4 is 16.0 Å². The highest BCUT2D eigenvalue weighted by Crippen LogP contribution is 2.34. The summed E-state index contributed by atoms with van der Waals surface area (Å²) in [6.45, 7) is 7.42. The number of hydrogen-bond donors (Lipinski definition) is 1. The summed E-state index contributed by atoms with van der Waals surface area (Å²) in [4.78, 5) is 36.1. The van der Waals surface area contributed by atoms with Crippen molar-refractivity contribution >= 4 is 45.6 Å². The number of carboxylic acid groups (broad SMARTS) is 1. The van der Waals surface area contributed by atoms with E-state index in [2.05, 4.69) is 5.32 Å². The molecule has 3 aromatic rings. The van der Waals surface area contributed by atoms with E-state index in [1.807, 2.05) is 26.8 Å². The van der Waals surface area contributed by atoms with Crippen LogP contribution in [0.2, 0.25) is 0 Å². The van der Waals surface area contributed by atoms with Crippen LogP contribution in [0, 0.1) is 27.7 Å². The van der Waals surface area contributed by atoms with Gasteiger partial charge in [-0.05, 0) is 51.1 Å². The summed E-state index contributed by atoms with van der Waals surface area (Å²) in [5.74, 6) is -0.967. The van der Waals surface area contributed by atoms with Crippen LogP contribution in [-0.2, 0) is 16.0 Å². The van der Waals surface area contributed by atoms with Gasteiger partial charge in [0.15, 0.2) is 0 Å². The molecular weight excluding hydrogens is 394 g/mol. The van der Waals surface area contributed by atoms with Crippen molar-refractivity contribution in [3.63, 3.8) is 0 Å². The molecule has 0 aliphatic rings. The largest absolute Gasteiger partial charge is 0.548 e. The second-order valence-corrected chi connectivity index (χ2v) is 8.01. The fraction of sp³-hybridized carbons (Fsp3) is 0.381. The van der Waals surface area contributed by atoms with Gasteiger partial charge in [0.25, 0.3) is 0 Å². The maximum absolute atomic E-state index is 12.6. The second kappa shape index (κ2) is 7.94. The Bertz CT molecular complexity index is 1190. The molecule has 0 bridgehead atoms. The molecule has 1 atom stereocenters. The first kappa shape index (κ1) is 21.0. The molecule has 0 saturated heterocycles. The first-order valence-corrected chi connectivity index (χ1v) is 10.5. The monoisotopic (exact) mass is 416 g/mol. The third kappa shape index (κ3) is 3.76. The Morgan fingerprint density at radius 1 is 1.07 bits per heavy atom. The van der Waals surface area contributed by atoms with Gasteiger partial charge in [-0.25, -0.2) is 4.79 Å². The number of carboxylic acids is 1. The van der Waals surface area contributed by atoms with Gasteiger partial charge in [0.2, 0.25) is 5.91 Å². The molecule has 7 nitrogen and oxygen atoms in total. The lowest BCUT2D eigenvalue weighted by Crippen LogP contribution is -2.50. The number of aliphatic carboxylic acids is 1. The van der Waals surface area contributed by atoms with Gasteiger partial charge < -0.3 is 24.1 Å². The van der Waals surface area contributed by atoms with Crippen LogP contribution in [0.4, 0.5) is 0 Å². The zero-order valence-corrected chi connectivity index (χ0v) is 17.7. The maximum Gasteiger partial charge on any atom is 0.340 e. The first-order valence-electron chi connectivity index (χ1n) is 9.10. The molecule has 2 heterocycles. The molecule has 0 spiro atoms. The zero-order valence-electron chi connectivity index (χ0n) is 16.9. The number of carbonyl (C=O) groups excluding carboxylic acids is 2. The minimum Gasteiger partial charge on any atom is -0.548 e. The van der Waals surface area contributed by atoms with E-state index in [4.69, 9.17) is 8.83 Å². The predicted octanol–water partition coefficient (Wildman–Crippen LogP) is 1.91. The number of nitrogens with one attached hydrogen (secondary N) is 1. The minimum atomic E-state index is -1.36. The van der Waals surface area contributed by atoms with Crippen molar-refractivity contribution in [1.29, 1.82) is 0 Å². The zero-order chi connectivity index (χ0) is 21.5. The summed E-state index contributed by atoms with van der Waals surface area (Å²) < 4.78 is 11.3. The van der Waals surface area contributed by atoms with E-state index in [1.54, 1.807) is 13.2 Å². The average molecular weight is 416 g/mol. The SMILES string of the molecule is CSC[C@H](NC(=O)Cc1c(C)c2cc3c(C)c(C)oc3c(C)c2oc1=O)C(=O)[O-]. The van der Waals surface area contributed by atoms with Crippen molar-refractivity contribution in [1.82, 2.24) is 5.32 Å². The lowest BCUT2D eigenvalue weighted by Gasteiger charge is -2.18. The Morgan fingerprint density at radius 3 is 2.31 bits per heavy atom. The van der Waals surface area contributed by atoms with Crippen molar-refractivity contribution in [2.24, 2.45) is 0 Å². The minimum absolute atomic E-state index is 0.176. The molecule has 0 fully saturated rings. The van der Waals surface area contributed by atoms with E-state index >= 15 is 0 Å². The number of hydrogen-bond acceptors (Lipinski definition) is 7. The molecular formula is C21H22NO6S-. The second-order valence-electron chi connectivity index (χ2n) is 7.10. The van der Waals surface area contributed by atoms with Crippen molar-refractivity contribution < 1.29 is 23.5 Å². The Morgan fingerprint density at radius 2 is 1.69 bits per heavy atom. The van der Waals surface area contributed by atoms with Gasteiger partial charge in [0, 0.05) is 22.1 Å². The molecule has 2 aromatic heterocycles. The highest BCUT2D eigenvalue weighted by Gasteiger charge is 2.21. The van der Waals surface area contributed by atoms with E-state index < -0.39 is 23.5 Å². The molecule has 1 N–H and O–H groups in total. The van der Waals surface area contributed by atoms with Gasteiger partial charge in [0.05, 0.1) is 24.0 Å². The van der Waals surface area contributed by atoms with Crippen molar-refractivity contribution in [3.05, 3.63) is 44.5 Å². The van der Waals surface area contributed by atoms with E-state index in [0.29, 0.717) is 16.7 Å². The van der Waals surface area contributed by atoms with Gasteiger partial charge >= 0.3 is 5.63 Å². The first-order chi connectivity index (χ1) is 13.6. The van der Waals surface area contributed by atoms with E-state index in [0.717, 1.165) is 27.7 Å². The molecule has 29 heavy (non-hydrogen) atoms.